The van der Waals surface area contributed by atoms with Gasteiger partial charge in [-0.05, 0) is 18.4 Å². The van der Waals surface area contributed by atoms with E-state index < -0.39 is 0 Å². The van der Waals surface area contributed by atoms with Crippen LogP contribution >= 0.6 is 11.6 Å². The largest absolute Gasteiger partial charge is 0.354 e. The molecule has 4 heterocycles. The van der Waals surface area contributed by atoms with Crippen LogP contribution < -0.4 is 20.0 Å². The van der Waals surface area contributed by atoms with Crippen molar-refractivity contribution in [3.8, 4) is 5.88 Å². The SMILES string of the molecule is Clc1nc2c(N3CCC3)nc(N3CCNCC3)nc2nc1OOCCc1ccccc1. The van der Waals surface area contributed by atoms with Crippen molar-refractivity contribution in [3.05, 3.63) is 41.0 Å². The van der Waals surface area contributed by atoms with E-state index in [9.17, 15) is 0 Å². The van der Waals surface area contributed by atoms with Gasteiger partial charge in [-0.1, -0.05) is 41.9 Å². The molecule has 31 heavy (non-hydrogen) atoms. The van der Waals surface area contributed by atoms with Gasteiger partial charge in [-0.2, -0.15) is 19.8 Å². The molecule has 2 fully saturated rings. The molecule has 1 N–H and O–H groups in total. The molecule has 0 saturated carbocycles. The molecular weight excluding hydrogens is 418 g/mol. The van der Waals surface area contributed by atoms with Gasteiger partial charge in [0.15, 0.2) is 22.1 Å². The predicted octanol–water partition coefficient (Wildman–Crippen LogP) is 2.25. The first-order valence-electron chi connectivity index (χ1n) is 10.6. The highest BCUT2D eigenvalue weighted by molar-refractivity contribution is 6.31. The maximum Gasteiger partial charge on any atom is 0.296 e. The van der Waals surface area contributed by atoms with Crippen LogP contribution in [-0.2, 0) is 11.3 Å². The Bertz CT molecular complexity index is 1040. The summed E-state index contributed by atoms with van der Waals surface area (Å²) in [6.07, 6.45) is 1.85. The first kappa shape index (κ1) is 20.2. The molecule has 2 aromatic heterocycles. The summed E-state index contributed by atoms with van der Waals surface area (Å²) >= 11 is 6.35. The van der Waals surface area contributed by atoms with Gasteiger partial charge in [0.05, 0.1) is 6.61 Å². The number of halogens is 1. The van der Waals surface area contributed by atoms with Gasteiger partial charge >= 0.3 is 0 Å². The van der Waals surface area contributed by atoms with Crippen molar-refractivity contribution >= 4 is 34.5 Å². The Morgan fingerprint density at radius 2 is 1.74 bits per heavy atom. The van der Waals surface area contributed by atoms with Crippen LogP contribution in [0, 0.1) is 0 Å². The van der Waals surface area contributed by atoms with Gasteiger partial charge in [0.1, 0.15) is 0 Å². The molecule has 0 amide bonds. The molecule has 2 aliphatic rings. The van der Waals surface area contributed by atoms with Crippen molar-refractivity contribution < 1.29 is 9.78 Å². The van der Waals surface area contributed by atoms with E-state index in [0.717, 1.165) is 57.1 Å². The molecule has 0 atom stereocenters. The van der Waals surface area contributed by atoms with Crippen LogP contribution in [0.25, 0.3) is 11.2 Å². The minimum Gasteiger partial charge on any atom is -0.354 e. The van der Waals surface area contributed by atoms with E-state index in [1.807, 2.05) is 30.3 Å². The molecule has 162 valence electrons. The predicted molar refractivity (Wildman–Crippen MR) is 119 cm³/mol. The van der Waals surface area contributed by atoms with E-state index in [-0.39, 0.29) is 11.0 Å². The lowest BCUT2D eigenvalue weighted by Crippen LogP contribution is -2.44. The minimum atomic E-state index is 0.113. The summed E-state index contributed by atoms with van der Waals surface area (Å²) in [5.41, 5.74) is 2.20. The fourth-order valence-corrected chi connectivity index (χ4v) is 3.75. The Kier molecular flexibility index (Phi) is 5.97. The van der Waals surface area contributed by atoms with Crippen LogP contribution in [0.3, 0.4) is 0 Å². The van der Waals surface area contributed by atoms with Crippen molar-refractivity contribution in [2.24, 2.45) is 0 Å². The lowest BCUT2D eigenvalue weighted by atomic mass is 10.2. The summed E-state index contributed by atoms with van der Waals surface area (Å²) in [6.45, 7) is 5.73. The third kappa shape index (κ3) is 4.48. The number of rotatable bonds is 7. The van der Waals surface area contributed by atoms with Crippen LogP contribution in [0.1, 0.15) is 12.0 Å². The lowest BCUT2D eigenvalue weighted by Gasteiger charge is -2.34. The van der Waals surface area contributed by atoms with Crippen molar-refractivity contribution in [2.45, 2.75) is 12.8 Å². The number of hydrogen-bond acceptors (Lipinski definition) is 9. The van der Waals surface area contributed by atoms with E-state index in [0.29, 0.717) is 30.1 Å². The summed E-state index contributed by atoms with van der Waals surface area (Å²) in [7, 11) is 0. The number of nitrogens with one attached hydrogen (secondary N) is 1. The smallest absolute Gasteiger partial charge is 0.296 e. The van der Waals surface area contributed by atoms with Crippen LogP contribution in [0.4, 0.5) is 11.8 Å². The second-order valence-corrected chi connectivity index (χ2v) is 7.92. The Morgan fingerprint density at radius 3 is 2.48 bits per heavy atom. The number of nitrogens with zero attached hydrogens (tertiary/aromatic N) is 6. The Labute approximate surface area is 185 Å². The molecule has 0 radical (unpaired) electrons. The summed E-state index contributed by atoms with van der Waals surface area (Å²) in [6, 6.07) is 10.0. The molecule has 0 spiro atoms. The van der Waals surface area contributed by atoms with E-state index >= 15 is 0 Å². The van der Waals surface area contributed by atoms with Crippen molar-refractivity contribution in [2.75, 3.05) is 55.7 Å². The second kappa shape index (κ2) is 9.17. The maximum atomic E-state index is 6.35. The number of piperazine rings is 1. The van der Waals surface area contributed by atoms with Crippen molar-refractivity contribution in [1.29, 1.82) is 0 Å². The zero-order chi connectivity index (χ0) is 21.0. The van der Waals surface area contributed by atoms with Gasteiger partial charge in [-0.3, -0.25) is 0 Å². The highest BCUT2D eigenvalue weighted by Gasteiger charge is 2.25. The molecule has 2 aliphatic heterocycles. The van der Waals surface area contributed by atoms with Crippen LogP contribution in [-0.4, -0.2) is 65.8 Å². The normalized spacial score (nSPS) is 16.4. The second-order valence-electron chi connectivity index (χ2n) is 7.56. The van der Waals surface area contributed by atoms with Gasteiger partial charge < -0.3 is 20.0 Å². The maximum absolute atomic E-state index is 6.35. The van der Waals surface area contributed by atoms with E-state index in [2.05, 4.69) is 30.1 Å². The summed E-state index contributed by atoms with van der Waals surface area (Å²) < 4.78 is 0. The summed E-state index contributed by atoms with van der Waals surface area (Å²) in [5, 5.41) is 3.48. The molecule has 0 unspecified atom stereocenters. The molecule has 5 rings (SSSR count). The topological polar surface area (TPSA) is 88.5 Å². The van der Waals surface area contributed by atoms with E-state index in [4.69, 9.17) is 26.4 Å². The first-order chi connectivity index (χ1) is 15.3. The average Bonchev–Trinajstić information content (AvgIpc) is 2.77. The molecule has 2 saturated heterocycles. The summed E-state index contributed by atoms with van der Waals surface area (Å²) in [5.74, 6) is 1.54. The number of anilines is 2. The molecule has 0 bridgehead atoms. The van der Waals surface area contributed by atoms with Gasteiger partial charge in [0.2, 0.25) is 5.95 Å². The summed E-state index contributed by atoms with van der Waals surface area (Å²) in [4.78, 5) is 33.6. The number of fused-ring (bicyclic) bond motifs is 1. The highest BCUT2D eigenvalue weighted by atomic mass is 35.5. The highest BCUT2D eigenvalue weighted by Crippen LogP contribution is 2.31. The van der Waals surface area contributed by atoms with E-state index in [1.54, 1.807) is 0 Å². The Hall–Kier alpha value is -2.75. The fraction of sp³-hybridized carbons (Fsp3) is 0.429. The quantitative estimate of drug-likeness (QED) is 0.337. The van der Waals surface area contributed by atoms with Gasteiger partial charge in [0, 0.05) is 39.3 Å². The molecule has 0 aliphatic carbocycles. The Morgan fingerprint density at radius 1 is 0.935 bits per heavy atom. The van der Waals surface area contributed by atoms with Crippen LogP contribution in [0.15, 0.2) is 30.3 Å². The lowest BCUT2D eigenvalue weighted by molar-refractivity contribution is -0.208. The fourth-order valence-electron chi connectivity index (χ4n) is 3.60. The number of aromatic nitrogens is 4. The zero-order valence-electron chi connectivity index (χ0n) is 17.1. The van der Waals surface area contributed by atoms with Crippen molar-refractivity contribution in [1.82, 2.24) is 25.3 Å². The number of benzene rings is 1. The molecule has 10 heteroatoms. The third-order valence-electron chi connectivity index (χ3n) is 5.44. The monoisotopic (exact) mass is 441 g/mol. The number of hydrogen-bond donors (Lipinski definition) is 1. The van der Waals surface area contributed by atoms with Gasteiger partial charge in [0.25, 0.3) is 5.88 Å². The Balaban J connectivity index is 1.38. The average molecular weight is 442 g/mol. The minimum absolute atomic E-state index is 0.113. The van der Waals surface area contributed by atoms with Gasteiger partial charge in [-0.15, -0.1) is 0 Å². The molecule has 3 aromatic rings. The zero-order valence-corrected chi connectivity index (χ0v) is 17.9. The van der Waals surface area contributed by atoms with Crippen LogP contribution in [0.5, 0.6) is 5.88 Å². The van der Waals surface area contributed by atoms with Gasteiger partial charge in [-0.25, -0.2) is 4.98 Å². The molecule has 9 nitrogen and oxygen atoms in total. The van der Waals surface area contributed by atoms with Crippen LogP contribution in [0.2, 0.25) is 5.15 Å². The van der Waals surface area contributed by atoms with E-state index in [1.165, 1.54) is 0 Å². The molecular formula is C21H24ClN7O2. The third-order valence-corrected chi connectivity index (χ3v) is 5.69. The van der Waals surface area contributed by atoms with Crippen molar-refractivity contribution in [3.63, 3.8) is 0 Å². The molecule has 1 aromatic carbocycles. The standard InChI is InChI=1S/C21H24ClN7O2/c22-17-20(31-30-14-7-15-5-2-1-3-6-15)25-18-16(24-17)19(28-10-4-11-28)27-21(26-18)29-12-8-23-9-13-29/h1-3,5-6,23H,4,7-14H2. The first-order valence-corrected chi connectivity index (χ1v) is 10.9.